The minimum absolute atomic E-state index is 0.189. The van der Waals surface area contributed by atoms with Crippen molar-refractivity contribution in [2.24, 2.45) is 0 Å². The lowest BCUT2D eigenvalue weighted by molar-refractivity contribution is 0.773. The summed E-state index contributed by atoms with van der Waals surface area (Å²) in [4.78, 5) is 3.04. The molecule has 0 unspecified atom stereocenters. The predicted molar refractivity (Wildman–Crippen MR) is 134 cm³/mol. The van der Waals surface area contributed by atoms with E-state index < -0.39 is 17.6 Å². The van der Waals surface area contributed by atoms with E-state index in [1.165, 1.54) is 32.0 Å². The summed E-state index contributed by atoms with van der Waals surface area (Å²) in [5, 5.41) is 0. The summed E-state index contributed by atoms with van der Waals surface area (Å²) in [6, 6.07) is 27.5. The Morgan fingerprint density at radius 2 is 0.966 bits per heavy atom. The highest BCUT2D eigenvalue weighted by Gasteiger charge is 2.48. The summed E-state index contributed by atoms with van der Waals surface area (Å²) in [5.74, 6) is 0. The van der Waals surface area contributed by atoms with Gasteiger partial charge in [-0.15, -0.1) is 22.7 Å². The Balaban J connectivity index is 1.92. The van der Waals surface area contributed by atoms with Crippen LogP contribution in [0.5, 0.6) is 0 Å². The molecule has 0 spiro atoms. The van der Waals surface area contributed by atoms with Crippen LogP contribution in [-0.2, 0) is 5.41 Å². The zero-order chi connectivity index (χ0) is 20.2. The summed E-state index contributed by atoms with van der Waals surface area (Å²) in [6.07, 6.45) is 0. The van der Waals surface area contributed by atoms with Crippen molar-refractivity contribution >= 4 is 49.3 Å². The number of thiophene rings is 2. The first kappa shape index (κ1) is 19.2. The SMILES string of the molecule is C[Si](C)c1cc2c(s1)-c1sc([Si](C)C)cc1C2(c1ccccc1)c1ccccc1. The number of benzene rings is 2. The van der Waals surface area contributed by atoms with Crippen LogP contribution in [0.15, 0.2) is 72.8 Å². The van der Waals surface area contributed by atoms with Crippen molar-refractivity contribution in [3.8, 4) is 9.75 Å². The molecule has 2 heterocycles. The summed E-state index contributed by atoms with van der Waals surface area (Å²) >= 11 is 4.11. The highest BCUT2D eigenvalue weighted by Crippen LogP contribution is 2.58. The predicted octanol–water partition coefficient (Wildman–Crippen LogP) is 6.10. The molecule has 0 fully saturated rings. The highest BCUT2D eigenvalue weighted by molar-refractivity contribution is 7.32. The molecule has 0 saturated carbocycles. The number of fused-ring (bicyclic) bond motifs is 3. The molecule has 2 aromatic heterocycles. The summed E-state index contributed by atoms with van der Waals surface area (Å²) in [5.41, 5.74) is 5.61. The van der Waals surface area contributed by atoms with Crippen LogP contribution >= 0.6 is 22.7 Å². The van der Waals surface area contributed by atoms with E-state index in [2.05, 4.69) is 122 Å². The molecule has 1 aliphatic rings. The van der Waals surface area contributed by atoms with Crippen molar-refractivity contribution in [3.63, 3.8) is 0 Å². The van der Waals surface area contributed by atoms with E-state index in [1.807, 2.05) is 0 Å². The van der Waals surface area contributed by atoms with Crippen molar-refractivity contribution in [3.05, 3.63) is 95.1 Å². The maximum atomic E-state index is 2.55. The third-order valence-corrected chi connectivity index (χ3v) is 13.3. The first-order chi connectivity index (χ1) is 14.0. The molecule has 2 aromatic carbocycles. The van der Waals surface area contributed by atoms with Crippen LogP contribution in [0.4, 0.5) is 0 Å². The molecule has 0 saturated heterocycles. The number of hydrogen-bond acceptors (Lipinski definition) is 2. The Kier molecular flexibility index (Phi) is 4.78. The van der Waals surface area contributed by atoms with Gasteiger partial charge in [-0.25, -0.2) is 0 Å². The lowest BCUT2D eigenvalue weighted by Crippen LogP contribution is -2.30. The van der Waals surface area contributed by atoms with Gasteiger partial charge in [0, 0.05) is 9.75 Å². The second kappa shape index (κ2) is 7.20. The van der Waals surface area contributed by atoms with Gasteiger partial charge < -0.3 is 0 Å². The van der Waals surface area contributed by atoms with E-state index in [1.54, 1.807) is 9.00 Å². The van der Waals surface area contributed by atoms with Gasteiger partial charge in [-0.05, 0) is 43.4 Å². The zero-order valence-electron chi connectivity index (χ0n) is 17.2. The number of rotatable bonds is 4. The van der Waals surface area contributed by atoms with Gasteiger partial charge in [0.1, 0.15) is 0 Å². The minimum Gasteiger partial charge on any atom is -0.144 e. The van der Waals surface area contributed by atoms with Crippen molar-refractivity contribution in [2.45, 2.75) is 31.6 Å². The molecule has 0 bridgehead atoms. The van der Waals surface area contributed by atoms with Crippen LogP contribution in [0.2, 0.25) is 26.2 Å². The summed E-state index contributed by atoms with van der Waals surface area (Å²) < 4.78 is 3.19. The molecule has 1 aliphatic carbocycles. The average Bonchev–Trinajstić information content (AvgIpc) is 3.40. The van der Waals surface area contributed by atoms with Gasteiger partial charge in [0.05, 0.1) is 23.0 Å². The molecule has 0 atom stereocenters. The van der Waals surface area contributed by atoms with Crippen LogP contribution in [-0.4, -0.2) is 17.6 Å². The Morgan fingerprint density at radius 1 is 0.586 bits per heavy atom. The molecule has 0 amide bonds. The summed E-state index contributed by atoms with van der Waals surface area (Å²) in [7, 11) is -0.967. The Hall–Kier alpha value is -1.73. The minimum atomic E-state index is -0.483. The van der Waals surface area contributed by atoms with Gasteiger partial charge in [0.15, 0.2) is 0 Å². The lowest BCUT2D eigenvalue weighted by Gasteiger charge is -2.32. The van der Waals surface area contributed by atoms with Crippen LogP contribution in [0.25, 0.3) is 9.75 Å². The molecule has 4 heteroatoms. The maximum Gasteiger partial charge on any atom is 0.0927 e. The van der Waals surface area contributed by atoms with E-state index in [-0.39, 0.29) is 5.41 Å². The molecular weight excluding hydrogens is 421 g/mol. The Labute approximate surface area is 185 Å². The van der Waals surface area contributed by atoms with Gasteiger partial charge >= 0.3 is 0 Å². The highest BCUT2D eigenvalue weighted by atomic mass is 32.1. The molecule has 2 radical (unpaired) electrons. The maximum absolute atomic E-state index is 2.55. The second-order valence-corrected chi connectivity index (χ2v) is 16.1. The monoisotopic (exact) mass is 444 g/mol. The molecule has 0 nitrogen and oxygen atoms in total. The fourth-order valence-electron chi connectivity index (χ4n) is 4.48. The van der Waals surface area contributed by atoms with E-state index in [0.717, 1.165) is 0 Å². The quantitative estimate of drug-likeness (QED) is 0.294. The first-order valence-corrected chi connectivity index (χ1v) is 16.7. The van der Waals surface area contributed by atoms with Gasteiger partial charge in [0.2, 0.25) is 0 Å². The molecule has 144 valence electrons. The molecule has 4 aromatic rings. The van der Waals surface area contributed by atoms with Gasteiger partial charge in [-0.3, -0.25) is 0 Å². The van der Waals surface area contributed by atoms with Crippen molar-refractivity contribution in [1.29, 1.82) is 0 Å². The Morgan fingerprint density at radius 3 is 1.31 bits per heavy atom. The van der Waals surface area contributed by atoms with Gasteiger partial charge in [-0.2, -0.15) is 0 Å². The summed E-state index contributed by atoms with van der Waals surface area (Å²) in [6.45, 7) is 9.66. The average molecular weight is 445 g/mol. The van der Waals surface area contributed by atoms with Crippen molar-refractivity contribution in [2.75, 3.05) is 0 Å². The Bertz CT molecular complexity index is 1060. The zero-order valence-corrected chi connectivity index (χ0v) is 20.9. The van der Waals surface area contributed by atoms with Crippen LogP contribution < -0.4 is 9.00 Å². The second-order valence-electron chi connectivity index (χ2n) is 8.19. The fourth-order valence-corrected chi connectivity index (χ4v) is 9.68. The third-order valence-electron chi connectivity index (χ3n) is 5.88. The van der Waals surface area contributed by atoms with Crippen LogP contribution in [0.1, 0.15) is 22.3 Å². The largest absolute Gasteiger partial charge is 0.144 e. The van der Waals surface area contributed by atoms with Crippen LogP contribution in [0.3, 0.4) is 0 Å². The van der Waals surface area contributed by atoms with Crippen molar-refractivity contribution in [1.82, 2.24) is 0 Å². The first-order valence-electron chi connectivity index (χ1n) is 10.0. The van der Waals surface area contributed by atoms with Gasteiger partial charge in [-0.1, -0.05) is 86.9 Å². The van der Waals surface area contributed by atoms with E-state index >= 15 is 0 Å². The van der Waals surface area contributed by atoms with Crippen molar-refractivity contribution < 1.29 is 0 Å². The van der Waals surface area contributed by atoms with E-state index in [0.29, 0.717) is 0 Å². The standard InChI is InChI=1S/C25H24S2Si2/c1-28(2)21-15-19-23(26-21)24-20(16-22(27-24)29(3)4)25(19,17-11-7-5-8-12-17)18-13-9-6-10-14-18/h5-16H,1-4H3. The molecule has 0 N–H and O–H groups in total. The fraction of sp³-hybridized carbons (Fsp3) is 0.200. The smallest absolute Gasteiger partial charge is 0.0927 e. The number of hydrogen-bond donors (Lipinski definition) is 0. The van der Waals surface area contributed by atoms with E-state index in [4.69, 9.17) is 0 Å². The third kappa shape index (κ3) is 2.81. The molecule has 5 rings (SSSR count). The lowest BCUT2D eigenvalue weighted by atomic mass is 9.68. The van der Waals surface area contributed by atoms with Crippen LogP contribution in [0, 0.1) is 0 Å². The van der Waals surface area contributed by atoms with Gasteiger partial charge in [0.25, 0.3) is 0 Å². The molecule has 29 heavy (non-hydrogen) atoms. The molecule has 0 aliphatic heterocycles. The molecular formula is C25H24S2Si2. The topological polar surface area (TPSA) is 0 Å². The van der Waals surface area contributed by atoms with E-state index in [9.17, 15) is 0 Å². The normalized spacial score (nSPS) is 14.4.